The third-order valence-corrected chi connectivity index (χ3v) is 8.42. The molecule has 0 aliphatic rings. The zero-order chi connectivity index (χ0) is 31.2. The molecule has 0 fully saturated rings. The number of carbonyl (C=O) groups is 2. The van der Waals surface area contributed by atoms with E-state index < -0.39 is 0 Å². The second-order valence-corrected chi connectivity index (χ2v) is 13.5. The van der Waals surface area contributed by atoms with Gasteiger partial charge in [0, 0.05) is 33.4 Å². The molecule has 6 aromatic rings. The van der Waals surface area contributed by atoms with Gasteiger partial charge in [0.1, 0.15) is 0 Å². The van der Waals surface area contributed by atoms with Crippen LogP contribution in [0.3, 0.4) is 0 Å². The average molecular weight is 571 g/mol. The molecular weight excluding hydrogens is 536 g/mol. The topological polar surface area (TPSA) is 34.1 Å². The molecule has 0 aliphatic carbocycles. The highest BCUT2D eigenvalue weighted by Gasteiger charge is 2.17. The van der Waals surface area contributed by atoms with Crippen molar-refractivity contribution in [3.63, 3.8) is 0 Å². The van der Waals surface area contributed by atoms with Crippen LogP contribution in [0.25, 0.3) is 32.3 Å². The van der Waals surface area contributed by atoms with Gasteiger partial charge in [-0.2, -0.15) is 0 Å². The summed E-state index contributed by atoms with van der Waals surface area (Å²) in [5, 5.41) is 6.71. The highest BCUT2D eigenvalue weighted by molar-refractivity contribution is 6.24. The maximum absolute atomic E-state index is 11.8. The third kappa shape index (κ3) is 5.25. The van der Waals surface area contributed by atoms with Crippen LogP contribution in [0.2, 0.25) is 0 Å². The Labute approximate surface area is 259 Å². The number of benzene rings is 6. The summed E-state index contributed by atoms with van der Waals surface area (Å²) in [6.07, 6.45) is 1.75. The van der Waals surface area contributed by atoms with Gasteiger partial charge < -0.3 is 0 Å². The SMILES string of the molecule is CC(C)(C)c1ccc(C=O)c(C#Cc2ccc3ccc4ccc(C#Cc5cc(C(C)(C)C)ccc5C=O)c5ccc2c3c45)c1. The summed E-state index contributed by atoms with van der Waals surface area (Å²) in [5.74, 6) is 13.4. The molecule has 0 spiro atoms. The summed E-state index contributed by atoms with van der Waals surface area (Å²) in [6.45, 7) is 12.9. The van der Waals surface area contributed by atoms with Gasteiger partial charge in [-0.25, -0.2) is 0 Å². The monoisotopic (exact) mass is 570 g/mol. The number of carbonyl (C=O) groups excluding carboxylic acids is 2. The van der Waals surface area contributed by atoms with E-state index in [9.17, 15) is 9.59 Å². The van der Waals surface area contributed by atoms with Crippen LogP contribution in [0.4, 0.5) is 0 Å². The lowest BCUT2D eigenvalue weighted by molar-refractivity contribution is 0.111. The Kier molecular flexibility index (Phi) is 7.11. The number of aldehydes is 2. The van der Waals surface area contributed by atoms with Crippen molar-refractivity contribution in [3.05, 3.63) is 129 Å². The fraction of sp³-hybridized carbons (Fsp3) is 0.190. The Morgan fingerprint density at radius 3 is 1.18 bits per heavy atom. The molecule has 0 heterocycles. The van der Waals surface area contributed by atoms with Crippen molar-refractivity contribution in [3.8, 4) is 23.7 Å². The lowest BCUT2D eigenvalue weighted by atomic mass is 9.85. The minimum Gasteiger partial charge on any atom is -0.298 e. The quantitative estimate of drug-likeness (QED) is 0.118. The van der Waals surface area contributed by atoms with Crippen molar-refractivity contribution in [1.82, 2.24) is 0 Å². The summed E-state index contributed by atoms with van der Waals surface area (Å²) in [4.78, 5) is 23.6. The molecule has 0 aromatic heterocycles. The molecule has 44 heavy (non-hydrogen) atoms. The highest BCUT2D eigenvalue weighted by atomic mass is 16.1. The molecule has 6 aromatic carbocycles. The molecular formula is C42H34O2. The van der Waals surface area contributed by atoms with E-state index in [0.29, 0.717) is 11.1 Å². The highest BCUT2D eigenvalue weighted by Crippen LogP contribution is 2.37. The van der Waals surface area contributed by atoms with E-state index in [-0.39, 0.29) is 10.8 Å². The molecule has 6 rings (SSSR count). The molecule has 2 heteroatoms. The normalized spacial score (nSPS) is 11.7. The zero-order valence-corrected chi connectivity index (χ0v) is 26.1. The van der Waals surface area contributed by atoms with Crippen LogP contribution >= 0.6 is 0 Å². The molecule has 0 bridgehead atoms. The Balaban J connectivity index is 1.51. The second kappa shape index (κ2) is 10.8. The van der Waals surface area contributed by atoms with E-state index in [1.54, 1.807) is 0 Å². The van der Waals surface area contributed by atoms with Crippen LogP contribution in [0.1, 0.15) is 95.6 Å². The van der Waals surface area contributed by atoms with Crippen LogP contribution in [0.5, 0.6) is 0 Å². The number of hydrogen-bond acceptors (Lipinski definition) is 2. The lowest BCUT2D eigenvalue weighted by Gasteiger charge is -2.19. The van der Waals surface area contributed by atoms with Crippen molar-refractivity contribution >= 4 is 44.9 Å². The van der Waals surface area contributed by atoms with Crippen LogP contribution in [-0.2, 0) is 10.8 Å². The largest absolute Gasteiger partial charge is 0.298 e. The fourth-order valence-electron chi connectivity index (χ4n) is 5.76. The van der Waals surface area contributed by atoms with E-state index in [0.717, 1.165) is 78.3 Å². The molecule has 214 valence electrons. The van der Waals surface area contributed by atoms with Gasteiger partial charge in [-0.15, -0.1) is 0 Å². The van der Waals surface area contributed by atoms with Crippen molar-refractivity contribution < 1.29 is 9.59 Å². The van der Waals surface area contributed by atoms with Crippen molar-refractivity contribution in [2.24, 2.45) is 0 Å². The van der Waals surface area contributed by atoms with Crippen LogP contribution in [0.15, 0.2) is 84.9 Å². The summed E-state index contributed by atoms with van der Waals surface area (Å²) >= 11 is 0. The molecule has 0 saturated carbocycles. The molecule has 0 N–H and O–H groups in total. The molecule has 0 aliphatic heterocycles. The molecule has 0 radical (unpaired) electrons. The third-order valence-electron chi connectivity index (χ3n) is 8.42. The number of hydrogen-bond donors (Lipinski definition) is 0. The first-order chi connectivity index (χ1) is 21.0. The van der Waals surface area contributed by atoms with Gasteiger partial charge in [0.15, 0.2) is 12.6 Å². The number of rotatable bonds is 2. The summed E-state index contributed by atoms with van der Waals surface area (Å²) < 4.78 is 0. The van der Waals surface area contributed by atoms with E-state index in [1.165, 1.54) is 0 Å². The standard InChI is InChI=1S/C42H34O2/c1-41(2,3)35-19-17-33(25-43)31(23-35)15-9-27-7-11-29-13-14-30-12-8-28(38-22-21-37(27)39(29)40(30)38)10-16-32-24-36(42(4,5)6)20-18-34(32)26-44/h7-8,11-14,17-26H,1-6H3. The summed E-state index contributed by atoms with van der Waals surface area (Å²) in [7, 11) is 0. The first-order valence-electron chi connectivity index (χ1n) is 14.9. The van der Waals surface area contributed by atoms with E-state index in [1.807, 2.05) is 36.4 Å². The van der Waals surface area contributed by atoms with Gasteiger partial charge in [0.2, 0.25) is 0 Å². The van der Waals surface area contributed by atoms with Gasteiger partial charge >= 0.3 is 0 Å². The maximum Gasteiger partial charge on any atom is 0.151 e. The lowest BCUT2D eigenvalue weighted by Crippen LogP contribution is -2.11. The van der Waals surface area contributed by atoms with Crippen molar-refractivity contribution in [2.75, 3.05) is 0 Å². The van der Waals surface area contributed by atoms with Crippen LogP contribution < -0.4 is 0 Å². The van der Waals surface area contributed by atoms with Gasteiger partial charge in [-0.1, -0.05) is 126 Å². The van der Waals surface area contributed by atoms with E-state index in [2.05, 4.69) is 114 Å². The van der Waals surface area contributed by atoms with Gasteiger partial charge in [0.05, 0.1) is 0 Å². The zero-order valence-electron chi connectivity index (χ0n) is 26.1. The minimum absolute atomic E-state index is 0.0460. The van der Waals surface area contributed by atoms with Crippen molar-refractivity contribution in [2.45, 2.75) is 52.4 Å². The molecule has 0 amide bonds. The van der Waals surface area contributed by atoms with Gasteiger partial charge in [-0.3, -0.25) is 9.59 Å². The molecule has 0 saturated heterocycles. The van der Waals surface area contributed by atoms with E-state index in [4.69, 9.17) is 0 Å². The van der Waals surface area contributed by atoms with E-state index >= 15 is 0 Å². The van der Waals surface area contributed by atoms with Gasteiger partial charge in [0.25, 0.3) is 0 Å². The maximum atomic E-state index is 11.8. The first-order valence-corrected chi connectivity index (χ1v) is 14.9. The fourth-order valence-corrected chi connectivity index (χ4v) is 5.76. The molecule has 2 nitrogen and oxygen atoms in total. The van der Waals surface area contributed by atoms with Crippen molar-refractivity contribution in [1.29, 1.82) is 0 Å². The van der Waals surface area contributed by atoms with Crippen LogP contribution in [-0.4, -0.2) is 12.6 Å². The minimum atomic E-state index is -0.0460. The molecule has 0 unspecified atom stereocenters. The first kappa shape index (κ1) is 28.9. The predicted molar refractivity (Wildman–Crippen MR) is 183 cm³/mol. The summed E-state index contributed by atoms with van der Waals surface area (Å²) in [5.41, 5.74) is 6.68. The second-order valence-electron chi connectivity index (χ2n) is 13.5. The Bertz CT molecular complexity index is 2070. The average Bonchev–Trinajstić information content (AvgIpc) is 3.00. The van der Waals surface area contributed by atoms with Crippen LogP contribution in [0, 0.1) is 23.7 Å². The smallest absolute Gasteiger partial charge is 0.151 e. The Morgan fingerprint density at radius 2 is 0.818 bits per heavy atom. The Hall–Kier alpha value is -5.18. The Morgan fingerprint density at radius 1 is 0.455 bits per heavy atom. The molecule has 0 atom stereocenters. The van der Waals surface area contributed by atoms with Gasteiger partial charge in [-0.05, 0) is 78.5 Å². The summed E-state index contributed by atoms with van der Waals surface area (Å²) in [6, 6.07) is 28.7. The predicted octanol–water partition coefficient (Wildman–Crippen LogP) is 9.60.